The van der Waals surface area contributed by atoms with E-state index in [1.807, 2.05) is 25.1 Å². The Labute approximate surface area is 133 Å². The quantitative estimate of drug-likeness (QED) is 0.814. The van der Waals surface area contributed by atoms with E-state index in [0.29, 0.717) is 19.0 Å². The van der Waals surface area contributed by atoms with Crippen LogP contribution in [-0.4, -0.2) is 41.8 Å². The molecular formula is C18H28N2O2. The number of urea groups is 1. The van der Waals surface area contributed by atoms with E-state index in [9.17, 15) is 4.79 Å². The Morgan fingerprint density at radius 1 is 1.32 bits per heavy atom. The lowest BCUT2D eigenvalue weighted by Gasteiger charge is -2.29. The van der Waals surface area contributed by atoms with Crippen molar-refractivity contribution < 1.29 is 9.90 Å². The fourth-order valence-electron chi connectivity index (χ4n) is 3.34. The summed E-state index contributed by atoms with van der Waals surface area (Å²) in [7, 11) is 0. The number of hydrogen-bond acceptors (Lipinski definition) is 2. The van der Waals surface area contributed by atoms with Gasteiger partial charge in [-0.3, -0.25) is 0 Å². The van der Waals surface area contributed by atoms with Crippen LogP contribution < -0.4 is 5.32 Å². The molecule has 0 bridgehead atoms. The molecule has 122 valence electrons. The summed E-state index contributed by atoms with van der Waals surface area (Å²) in [5, 5.41) is 12.3. The maximum absolute atomic E-state index is 12.4. The molecule has 2 rings (SSSR count). The molecule has 1 aromatic rings. The largest absolute Gasteiger partial charge is 0.395 e. The van der Waals surface area contributed by atoms with Gasteiger partial charge >= 0.3 is 6.03 Å². The first-order valence-corrected chi connectivity index (χ1v) is 8.44. The highest BCUT2D eigenvalue weighted by Gasteiger charge is 2.27. The average molecular weight is 304 g/mol. The zero-order chi connectivity index (χ0) is 15.8. The zero-order valence-corrected chi connectivity index (χ0v) is 13.5. The van der Waals surface area contributed by atoms with Crippen LogP contribution in [0.3, 0.4) is 0 Å². The topological polar surface area (TPSA) is 52.6 Å². The number of amides is 2. The normalized spacial score (nSPS) is 16.5. The van der Waals surface area contributed by atoms with Gasteiger partial charge in [-0.25, -0.2) is 4.79 Å². The molecule has 1 saturated carbocycles. The Kier molecular flexibility index (Phi) is 6.72. The fourth-order valence-corrected chi connectivity index (χ4v) is 3.34. The van der Waals surface area contributed by atoms with Crippen LogP contribution in [0.4, 0.5) is 4.79 Å². The summed E-state index contributed by atoms with van der Waals surface area (Å²) in [4.78, 5) is 14.1. The lowest BCUT2D eigenvalue weighted by atomic mass is 9.92. The first kappa shape index (κ1) is 16.8. The fraction of sp³-hybridized carbons (Fsp3) is 0.611. The second-order valence-corrected chi connectivity index (χ2v) is 6.09. The number of benzene rings is 1. The number of nitrogens with zero attached hydrogens (tertiary/aromatic N) is 1. The van der Waals surface area contributed by atoms with E-state index in [1.165, 1.54) is 31.2 Å². The van der Waals surface area contributed by atoms with Gasteiger partial charge in [0.05, 0.1) is 6.61 Å². The molecule has 1 atom stereocenters. The Balaban J connectivity index is 2.02. The van der Waals surface area contributed by atoms with Crippen LogP contribution in [0.25, 0.3) is 0 Å². The average Bonchev–Trinajstić information content (AvgIpc) is 3.07. The summed E-state index contributed by atoms with van der Waals surface area (Å²) in [6.45, 7) is 2.96. The predicted octanol–water partition coefficient (Wildman–Crippen LogP) is 2.81. The molecule has 0 aromatic heterocycles. The second kappa shape index (κ2) is 8.79. The number of aliphatic hydroxyl groups is 1. The van der Waals surface area contributed by atoms with Crippen molar-refractivity contribution >= 4 is 6.03 Å². The van der Waals surface area contributed by atoms with Gasteiger partial charge in [0.15, 0.2) is 0 Å². The van der Waals surface area contributed by atoms with Crippen LogP contribution in [0.1, 0.15) is 38.2 Å². The molecule has 2 N–H and O–H groups in total. The molecule has 2 amide bonds. The molecule has 1 aliphatic rings. The summed E-state index contributed by atoms with van der Waals surface area (Å²) >= 11 is 0. The van der Waals surface area contributed by atoms with Crippen molar-refractivity contribution in [2.24, 2.45) is 5.92 Å². The Hall–Kier alpha value is -1.55. The van der Waals surface area contributed by atoms with Gasteiger partial charge in [-0.05, 0) is 37.7 Å². The predicted molar refractivity (Wildman–Crippen MR) is 88.8 cm³/mol. The minimum absolute atomic E-state index is 0.00798. The van der Waals surface area contributed by atoms with Crippen LogP contribution >= 0.6 is 0 Å². The molecule has 1 aliphatic carbocycles. The molecule has 4 nitrogen and oxygen atoms in total. The highest BCUT2D eigenvalue weighted by Crippen LogP contribution is 2.29. The molecule has 0 spiro atoms. The van der Waals surface area contributed by atoms with Gasteiger partial charge in [-0.2, -0.15) is 0 Å². The van der Waals surface area contributed by atoms with Crippen molar-refractivity contribution in [2.75, 3.05) is 19.7 Å². The van der Waals surface area contributed by atoms with Gasteiger partial charge in [0.1, 0.15) is 0 Å². The molecule has 0 aliphatic heterocycles. The maximum atomic E-state index is 12.4. The van der Waals surface area contributed by atoms with Gasteiger partial charge in [0.2, 0.25) is 0 Å². The van der Waals surface area contributed by atoms with E-state index in [2.05, 4.69) is 17.4 Å². The summed E-state index contributed by atoms with van der Waals surface area (Å²) in [6, 6.07) is 10.5. The monoisotopic (exact) mass is 304 g/mol. The minimum atomic E-state index is -0.0515. The van der Waals surface area contributed by atoms with E-state index >= 15 is 0 Å². The van der Waals surface area contributed by atoms with E-state index in [-0.39, 0.29) is 18.7 Å². The lowest BCUT2D eigenvalue weighted by molar-refractivity contribution is 0.173. The van der Waals surface area contributed by atoms with Crippen molar-refractivity contribution in [1.82, 2.24) is 10.2 Å². The van der Waals surface area contributed by atoms with Crippen molar-refractivity contribution in [3.05, 3.63) is 35.9 Å². The molecule has 0 radical (unpaired) electrons. The highest BCUT2D eigenvalue weighted by atomic mass is 16.3. The zero-order valence-electron chi connectivity index (χ0n) is 13.5. The molecule has 4 heteroatoms. The molecule has 1 unspecified atom stereocenters. The lowest BCUT2D eigenvalue weighted by Crippen LogP contribution is -2.48. The van der Waals surface area contributed by atoms with Crippen molar-refractivity contribution in [1.29, 1.82) is 0 Å². The SMILES string of the molecule is CCN(CCO)C(=O)NC(Cc1ccccc1)C1CCCC1. The summed E-state index contributed by atoms with van der Waals surface area (Å²) in [5.41, 5.74) is 1.27. The summed E-state index contributed by atoms with van der Waals surface area (Å²) < 4.78 is 0. The number of aliphatic hydroxyl groups excluding tert-OH is 1. The number of carbonyl (C=O) groups is 1. The van der Waals surface area contributed by atoms with Gasteiger partial charge in [0, 0.05) is 19.1 Å². The van der Waals surface area contributed by atoms with Gasteiger partial charge < -0.3 is 15.3 Å². The van der Waals surface area contributed by atoms with E-state index in [4.69, 9.17) is 5.11 Å². The third-order valence-electron chi connectivity index (χ3n) is 4.62. The highest BCUT2D eigenvalue weighted by molar-refractivity contribution is 5.74. The number of nitrogens with one attached hydrogen (secondary N) is 1. The van der Waals surface area contributed by atoms with E-state index in [1.54, 1.807) is 4.90 Å². The molecular weight excluding hydrogens is 276 g/mol. The van der Waals surface area contributed by atoms with E-state index in [0.717, 1.165) is 6.42 Å². The smallest absolute Gasteiger partial charge is 0.317 e. The molecule has 22 heavy (non-hydrogen) atoms. The first-order valence-electron chi connectivity index (χ1n) is 8.44. The van der Waals surface area contributed by atoms with Crippen LogP contribution in [-0.2, 0) is 6.42 Å². The second-order valence-electron chi connectivity index (χ2n) is 6.09. The Morgan fingerprint density at radius 3 is 2.59 bits per heavy atom. The minimum Gasteiger partial charge on any atom is -0.395 e. The van der Waals surface area contributed by atoms with Crippen LogP contribution in [0.2, 0.25) is 0 Å². The first-order chi connectivity index (χ1) is 10.7. The molecule has 0 heterocycles. The van der Waals surface area contributed by atoms with Gasteiger partial charge in [0.25, 0.3) is 0 Å². The maximum Gasteiger partial charge on any atom is 0.317 e. The Morgan fingerprint density at radius 2 is 2.00 bits per heavy atom. The standard InChI is InChI=1S/C18H28N2O2/c1-2-20(12-13-21)18(22)19-17(16-10-6-7-11-16)14-15-8-4-3-5-9-15/h3-5,8-9,16-17,21H,2,6-7,10-14H2,1H3,(H,19,22). The van der Waals surface area contributed by atoms with Crippen molar-refractivity contribution in [2.45, 2.75) is 45.1 Å². The molecule has 0 saturated heterocycles. The van der Waals surface area contributed by atoms with Crippen LogP contribution in [0, 0.1) is 5.92 Å². The number of hydrogen-bond donors (Lipinski definition) is 2. The third-order valence-corrected chi connectivity index (χ3v) is 4.62. The van der Waals surface area contributed by atoms with Crippen LogP contribution in [0.15, 0.2) is 30.3 Å². The van der Waals surface area contributed by atoms with Crippen molar-refractivity contribution in [3.63, 3.8) is 0 Å². The summed E-state index contributed by atoms with van der Waals surface area (Å²) in [6.07, 6.45) is 5.81. The third kappa shape index (κ3) is 4.73. The molecule has 1 fully saturated rings. The Bertz CT molecular complexity index is 444. The van der Waals surface area contributed by atoms with Gasteiger partial charge in [-0.15, -0.1) is 0 Å². The van der Waals surface area contributed by atoms with Crippen LogP contribution in [0.5, 0.6) is 0 Å². The van der Waals surface area contributed by atoms with Gasteiger partial charge in [-0.1, -0.05) is 43.2 Å². The number of carbonyl (C=O) groups excluding carboxylic acids is 1. The summed E-state index contributed by atoms with van der Waals surface area (Å²) in [5.74, 6) is 0.567. The number of likely N-dealkylation sites (N-methyl/N-ethyl adjacent to an activating group) is 1. The van der Waals surface area contributed by atoms with Crippen molar-refractivity contribution in [3.8, 4) is 0 Å². The molecule has 1 aromatic carbocycles. The number of rotatable bonds is 7. The van der Waals surface area contributed by atoms with E-state index < -0.39 is 0 Å².